The normalized spacial score (nSPS) is 18.2. The summed E-state index contributed by atoms with van der Waals surface area (Å²) in [6, 6.07) is 9.22. The number of fused-ring (bicyclic) bond motifs is 1. The van der Waals surface area contributed by atoms with E-state index in [-0.39, 0.29) is 17.9 Å². The Morgan fingerprint density at radius 3 is 2.58 bits per heavy atom. The van der Waals surface area contributed by atoms with Gasteiger partial charge in [-0.15, -0.1) is 0 Å². The van der Waals surface area contributed by atoms with Crippen LogP contribution in [0.5, 0.6) is 0 Å². The molecule has 36 heavy (non-hydrogen) atoms. The van der Waals surface area contributed by atoms with Crippen LogP contribution in [0.1, 0.15) is 37.4 Å². The minimum Gasteiger partial charge on any atom is -0.342 e. The smallest absolute Gasteiger partial charge is 0.225 e. The first-order valence-electron chi connectivity index (χ1n) is 12.6. The number of imidazole rings is 1. The second-order valence-electron chi connectivity index (χ2n) is 9.71. The molecular weight excluding hydrogens is 459 g/mol. The van der Waals surface area contributed by atoms with Gasteiger partial charge in [-0.05, 0) is 57.0 Å². The van der Waals surface area contributed by atoms with Crippen LogP contribution in [-0.4, -0.2) is 71.6 Å². The first-order valence-corrected chi connectivity index (χ1v) is 12.6. The van der Waals surface area contributed by atoms with Crippen LogP contribution in [0.15, 0.2) is 48.9 Å². The number of hydrogen-bond donors (Lipinski definition) is 1. The van der Waals surface area contributed by atoms with E-state index in [4.69, 9.17) is 0 Å². The minimum absolute atomic E-state index is 0.0855. The van der Waals surface area contributed by atoms with Crippen molar-refractivity contribution in [2.45, 2.75) is 38.3 Å². The molecule has 2 fully saturated rings. The maximum absolute atomic E-state index is 13.9. The van der Waals surface area contributed by atoms with Crippen LogP contribution in [0.2, 0.25) is 0 Å². The Labute approximate surface area is 208 Å². The zero-order valence-corrected chi connectivity index (χ0v) is 20.1. The molecule has 0 spiro atoms. The Balaban J connectivity index is 1.13. The highest BCUT2D eigenvalue weighted by Gasteiger charge is 2.32. The van der Waals surface area contributed by atoms with Crippen molar-refractivity contribution in [3.63, 3.8) is 0 Å². The highest BCUT2D eigenvalue weighted by molar-refractivity contribution is 5.79. The van der Waals surface area contributed by atoms with Gasteiger partial charge in [0, 0.05) is 55.7 Å². The van der Waals surface area contributed by atoms with Crippen LogP contribution < -0.4 is 0 Å². The van der Waals surface area contributed by atoms with E-state index in [1.165, 1.54) is 12.3 Å². The molecule has 0 radical (unpaired) electrons. The van der Waals surface area contributed by atoms with E-state index in [0.29, 0.717) is 30.1 Å². The lowest BCUT2D eigenvalue weighted by atomic mass is 9.93. The molecule has 0 aliphatic carbocycles. The number of hydrogen-bond acceptors (Lipinski definition) is 6. The van der Waals surface area contributed by atoms with Gasteiger partial charge < -0.3 is 9.47 Å². The Kier molecular flexibility index (Phi) is 6.18. The fourth-order valence-electron chi connectivity index (χ4n) is 5.53. The average molecular weight is 489 g/mol. The third-order valence-electron chi connectivity index (χ3n) is 7.42. The average Bonchev–Trinajstić information content (AvgIpc) is 3.57. The number of nitrogens with one attached hydrogen (secondary N) is 1. The number of carbonyl (C=O) groups is 1. The van der Waals surface area contributed by atoms with Gasteiger partial charge in [-0.2, -0.15) is 5.10 Å². The van der Waals surface area contributed by atoms with E-state index in [1.807, 2.05) is 29.2 Å². The zero-order valence-electron chi connectivity index (χ0n) is 20.1. The molecule has 0 atom stereocenters. The van der Waals surface area contributed by atoms with Crippen molar-refractivity contribution in [2.24, 2.45) is 5.92 Å². The number of likely N-dealkylation sites (tertiary alicyclic amines) is 2. The number of halogens is 1. The van der Waals surface area contributed by atoms with Crippen molar-refractivity contribution in [1.29, 1.82) is 0 Å². The molecule has 10 heteroatoms. The molecule has 2 aliphatic rings. The Bertz CT molecular complexity index is 1320. The standard InChI is InChI=1S/C26H29FN8O/c27-19-15-23-24(29-16-19)35(25(31-23)22-3-1-2-9-28-22)21-7-13-34(14-8-21)26(36)18-5-11-33(12-6-18)17-20-4-10-30-32-20/h1-4,9-10,15-16,18,21H,5-8,11-14,17H2,(H,30,32). The number of H-pyrrole nitrogens is 1. The molecule has 1 amide bonds. The van der Waals surface area contributed by atoms with Crippen LogP contribution in [0.3, 0.4) is 0 Å². The quantitative estimate of drug-likeness (QED) is 0.462. The first-order chi connectivity index (χ1) is 17.7. The predicted molar refractivity (Wildman–Crippen MR) is 132 cm³/mol. The van der Waals surface area contributed by atoms with Gasteiger partial charge in [0.25, 0.3) is 0 Å². The summed E-state index contributed by atoms with van der Waals surface area (Å²) in [6.07, 6.45) is 8.12. The van der Waals surface area contributed by atoms with Crippen molar-refractivity contribution in [2.75, 3.05) is 26.2 Å². The largest absolute Gasteiger partial charge is 0.342 e. The molecule has 9 nitrogen and oxygen atoms in total. The minimum atomic E-state index is -0.407. The SMILES string of the molecule is O=C(C1CCN(Cc2ccn[nH]2)CC1)N1CCC(n2c(-c3ccccn3)nc3cc(F)cnc32)CC1. The summed E-state index contributed by atoms with van der Waals surface area (Å²) in [6.45, 7) is 4.08. The van der Waals surface area contributed by atoms with Gasteiger partial charge in [0.15, 0.2) is 11.5 Å². The molecule has 1 N–H and O–H groups in total. The predicted octanol–water partition coefficient (Wildman–Crippen LogP) is 3.43. The monoisotopic (exact) mass is 488 g/mol. The van der Waals surface area contributed by atoms with Crippen LogP contribution in [0.4, 0.5) is 4.39 Å². The third-order valence-corrected chi connectivity index (χ3v) is 7.42. The molecule has 6 heterocycles. The van der Waals surface area contributed by atoms with Gasteiger partial charge in [-0.1, -0.05) is 6.07 Å². The van der Waals surface area contributed by atoms with Gasteiger partial charge in [0.2, 0.25) is 5.91 Å². The summed E-state index contributed by atoms with van der Waals surface area (Å²) in [4.78, 5) is 31.3. The van der Waals surface area contributed by atoms with Crippen molar-refractivity contribution in [3.8, 4) is 11.5 Å². The lowest BCUT2D eigenvalue weighted by Gasteiger charge is -2.37. The lowest BCUT2D eigenvalue weighted by Crippen LogP contribution is -2.45. The number of pyridine rings is 2. The van der Waals surface area contributed by atoms with E-state index in [2.05, 4.69) is 34.6 Å². The summed E-state index contributed by atoms with van der Waals surface area (Å²) >= 11 is 0. The number of piperidine rings is 2. The number of rotatable bonds is 5. The number of amides is 1. The topological polar surface area (TPSA) is 95.8 Å². The van der Waals surface area contributed by atoms with E-state index in [1.54, 1.807) is 12.4 Å². The van der Waals surface area contributed by atoms with Crippen molar-refractivity contribution < 1.29 is 9.18 Å². The molecular formula is C26H29FN8O. The molecule has 2 aliphatic heterocycles. The van der Waals surface area contributed by atoms with Gasteiger partial charge in [0.1, 0.15) is 17.0 Å². The van der Waals surface area contributed by atoms with E-state index in [9.17, 15) is 9.18 Å². The van der Waals surface area contributed by atoms with E-state index < -0.39 is 5.82 Å². The molecule has 0 aromatic carbocycles. The second-order valence-corrected chi connectivity index (χ2v) is 9.71. The van der Waals surface area contributed by atoms with Gasteiger partial charge in [-0.3, -0.25) is 19.8 Å². The fraction of sp³-hybridized carbons (Fsp3) is 0.423. The van der Waals surface area contributed by atoms with Crippen molar-refractivity contribution in [3.05, 3.63) is 60.4 Å². The highest BCUT2D eigenvalue weighted by Crippen LogP contribution is 2.33. The number of aromatic amines is 1. The van der Waals surface area contributed by atoms with Crippen molar-refractivity contribution in [1.82, 2.24) is 39.5 Å². The summed E-state index contributed by atoms with van der Waals surface area (Å²) in [7, 11) is 0. The fourth-order valence-corrected chi connectivity index (χ4v) is 5.53. The van der Waals surface area contributed by atoms with E-state index in [0.717, 1.165) is 56.7 Å². The Morgan fingerprint density at radius 2 is 1.86 bits per heavy atom. The molecule has 0 saturated carbocycles. The summed E-state index contributed by atoms with van der Waals surface area (Å²) in [5, 5.41) is 7.03. The third kappa shape index (κ3) is 4.48. The van der Waals surface area contributed by atoms with E-state index >= 15 is 0 Å². The van der Waals surface area contributed by atoms with Crippen LogP contribution in [-0.2, 0) is 11.3 Å². The molecule has 186 valence electrons. The summed E-state index contributed by atoms with van der Waals surface area (Å²) in [5.74, 6) is 0.645. The van der Waals surface area contributed by atoms with Gasteiger partial charge in [0.05, 0.1) is 6.20 Å². The van der Waals surface area contributed by atoms with Crippen LogP contribution >= 0.6 is 0 Å². The Morgan fingerprint density at radius 1 is 1.03 bits per heavy atom. The molecule has 0 bridgehead atoms. The summed E-state index contributed by atoms with van der Waals surface area (Å²) in [5.41, 5.74) is 3.02. The highest BCUT2D eigenvalue weighted by atomic mass is 19.1. The van der Waals surface area contributed by atoms with Gasteiger partial charge >= 0.3 is 0 Å². The Hall–Kier alpha value is -3.66. The maximum Gasteiger partial charge on any atom is 0.225 e. The van der Waals surface area contributed by atoms with Crippen LogP contribution in [0, 0.1) is 11.7 Å². The first kappa shape index (κ1) is 22.8. The summed E-state index contributed by atoms with van der Waals surface area (Å²) < 4.78 is 16.0. The molecule has 0 unspecified atom stereocenters. The molecule has 4 aromatic rings. The number of nitrogens with zero attached hydrogens (tertiary/aromatic N) is 7. The molecule has 2 saturated heterocycles. The second kappa shape index (κ2) is 9.77. The number of carbonyl (C=O) groups excluding carboxylic acids is 1. The lowest BCUT2D eigenvalue weighted by molar-refractivity contribution is -0.138. The zero-order chi connectivity index (χ0) is 24.5. The number of aromatic nitrogens is 6. The van der Waals surface area contributed by atoms with Crippen molar-refractivity contribution >= 4 is 17.1 Å². The maximum atomic E-state index is 13.9. The molecule has 4 aromatic heterocycles. The van der Waals surface area contributed by atoms with Crippen LogP contribution in [0.25, 0.3) is 22.7 Å². The molecule has 6 rings (SSSR count). The van der Waals surface area contributed by atoms with Gasteiger partial charge in [-0.25, -0.2) is 14.4 Å².